The fourth-order valence-electron chi connectivity index (χ4n) is 1.64. The molecule has 1 aromatic carbocycles. The summed E-state index contributed by atoms with van der Waals surface area (Å²) in [7, 11) is -3.49. The van der Waals surface area contributed by atoms with Crippen molar-refractivity contribution in [2.45, 2.75) is 17.3 Å². The van der Waals surface area contributed by atoms with Gasteiger partial charge in [-0.2, -0.15) is 0 Å². The number of halogens is 1. The molecule has 0 saturated heterocycles. The minimum Gasteiger partial charge on any atom is -0.326 e. The van der Waals surface area contributed by atoms with Crippen molar-refractivity contribution in [3.8, 4) is 0 Å². The molecule has 2 rings (SSSR count). The average molecular weight is 361 g/mol. The lowest BCUT2D eigenvalue weighted by Gasteiger charge is -2.09. The van der Waals surface area contributed by atoms with Gasteiger partial charge in [0.25, 0.3) is 10.0 Å². The monoisotopic (exact) mass is 360 g/mol. The van der Waals surface area contributed by atoms with Crippen molar-refractivity contribution in [1.82, 2.24) is 4.72 Å². The summed E-state index contributed by atoms with van der Waals surface area (Å²) in [5, 5.41) is 1.73. The Morgan fingerprint density at radius 2 is 1.89 bits per heavy atom. The van der Waals surface area contributed by atoms with Gasteiger partial charge in [0.2, 0.25) is 0 Å². The summed E-state index contributed by atoms with van der Waals surface area (Å²) in [6, 6.07) is 9.23. The summed E-state index contributed by atoms with van der Waals surface area (Å²) in [4.78, 5) is 0. The third kappa shape index (κ3) is 3.43. The first kappa shape index (κ1) is 14.7. The third-order valence-corrected chi connectivity index (χ3v) is 6.69. The number of benzene rings is 1. The van der Waals surface area contributed by atoms with Gasteiger partial charge in [0.1, 0.15) is 4.21 Å². The molecule has 0 spiro atoms. The molecule has 2 aromatic rings. The maximum absolute atomic E-state index is 12.1. The van der Waals surface area contributed by atoms with E-state index in [9.17, 15) is 8.42 Å². The molecule has 0 bridgehead atoms. The predicted octanol–water partition coefficient (Wildman–Crippen LogP) is 2.45. The summed E-state index contributed by atoms with van der Waals surface area (Å²) in [5.41, 5.74) is 7.46. The van der Waals surface area contributed by atoms with Crippen LogP contribution in [0.5, 0.6) is 0 Å². The number of nitrogens with two attached hydrogens (primary N) is 1. The van der Waals surface area contributed by atoms with Crippen LogP contribution in [0.25, 0.3) is 0 Å². The van der Waals surface area contributed by atoms with E-state index >= 15 is 0 Å². The van der Waals surface area contributed by atoms with Crippen molar-refractivity contribution in [3.05, 3.63) is 51.3 Å². The van der Waals surface area contributed by atoms with Gasteiger partial charge in [0, 0.05) is 17.6 Å². The van der Waals surface area contributed by atoms with Crippen LogP contribution in [0.3, 0.4) is 0 Å². The molecule has 0 aliphatic heterocycles. The molecule has 0 amide bonds. The lowest BCUT2D eigenvalue weighted by molar-refractivity contribution is 0.583. The van der Waals surface area contributed by atoms with Crippen LogP contribution in [0.2, 0.25) is 0 Å². The topological polar surface area (TPSA) is 72.2 Å². The van der Waals surface area contributed by atoms with Crippen molar-refractivity contribution in [2.75, 3.05) is 0 Å². The second-order valence-corrected chi connectivity index (χ2v) is 7.59. The maximum atomic E-state index is 12.1. The first-order chi connectivity index (χ1) is 9.04. The van der Waals surface area contributed by atoms with Crippen LogP contribution in [-0.2, 0) is 23.1 Å². The Balaban J connectivity index is 2.17. The second kappa shape index (κ2) is 6.15. The quantitative estimate of drug-likeness (QED) is 0.859. The van der Waals surface area contributed by atoms with Crippen LogP contribution in [0.15, 0.2) is 44.4 Å². The number of nitrogens with one attached hydrogen (secondary N) is 1. The normalized spacial score (nSPS) is 11.7. The van der Waals surface area contributed by atoms with Crippen LogP contribution in [-0.4, -0.2) is 8.42 Å². The molecule has 7 heteroatoms. The van der Waals surface area contributed by atoms with E-state index in [4.69, 9.17) is 5.73 Å². The molecule has 1 aromatic heterocycles. The highest BCUT2D eigenvalue weighted by molar-refractivity contribution is 9.10. The van der Waals surface area contributed by atoms with Gasteiger partial charge in [-0.3, -0.25) is 0 Å². The maximum Gasteiger partial charge on any atom is 0.251 e. The first-order valence-electron chi connectivity index (χ1n) is 5.54. The van der Waals surface area contributed by atoms with Crippen LogP contribution in [0.1, 0.15) is 11.1 Å². The largest absolute Gasteiger partial charge is 0.326 e. The van der Waals surface area contributed by atoms with Gasteiger partial charge in [-0.1, -0.05) is 24.3 Å². The van der Waals surface area contributed by atoms with E-state index in [1.54, 1.807) is 11.4 Å². The Bertz CT molecular complexity index is 668. The molecule has 0 aliphatic rings. The van der Waals surface area contributed by atoms with Gasteiger partial charge in [-0.05, 0) is 38.5 Å². The van der Waals surface area contributed by atoms with E-state index in [-0.39, 0.29) is 10.8 Å². The summed E-state index contributed by atoms with van der Waals surface area (Å²) in [6.07, 6.45) is 0. The highest BCUT2D eigenvalue weighted by Crippen LogP contribution is 2.27. The van der Waals surface area contributed by atoms with E-state index in [1.165, 1.54) is 11.3 Å². The van der Waals surface area contributed by atoms with E-state index in [1.807, 2.05) is 24.3 Å². The molecule has 4 nitrogen and oxygen atoms in total. The summed E-state index contributed by atoms with van der Waals surface area (Å²) in [5.74, 6) is 0. The Morgan fingerprint density at radius 1 is 1.21 bits per heavy atom. The molecule has 0 fully saturated rings. The number of sulfonamides is 1. The average Bonchev–Trinajstić information content (AvgIpc) is 2.84. The Hall–Kier alpha value is -0.730. The fourth-order valence-corrected chi connectivity index (χ4v) is 5.03. The molecule has 3 N–H and O–H groups in total. The van der Waals surface area contributed by atoms with Gasteiger partial charge in [0.05, 0.1) is 0 Å². The first-order valence-corrected chi connectivity index (χ1v) is 8.69. The second-order valence-electron chi connectivity index (χ2n) is 3.85. The summed E-state index contributed by atoms with van der Waals surface area (Å²) < 4.78 is 27.7. The molecule has 0 atom stereocenters. The number of hydrogen-bond acceptors (Lipinski definition) is 4. The van der Waals surface area contributed by atoms with Crippen molar-refractivity contribution >= 4 is 37.3 Å². The predicted molar refractivity (Wildman–Crippen MR) is 80.4 cm³/mol. The van der Waals surface area contributed by atoms with E-state index in [2.05, 4.69) is 20.7 Å². The fraction of sp³-hybridized carbons (Fsp3) is 0.167. The molecule has 0 aliphatic carbocycles. The number of rotatable bonds is 5. The lowest BCUT2D eigenvalue weighted by atomic mass is 10.1. The summed E-state index contributed by atoms with van der Waals surface area (Å²) in [6.45, 7) is 0.626. The number of thiophene rings is 1. The Kier molecular flexibility index (Phi) is 4.75. The molecule has 19 heavy (non-hydrogen) atoms. The van der Waals surface area contributed by atoms with Crippen LogP contribution < -0.4 is 10.5 Å². The van der Waals surface area contributed by atoms with Gasteiger partial charge >= 0.3 is 0 Å². The van der Waals surface area contributed by atoms with Crippen molar-refractivity contribution in [2.24, 2.45) is 5.73 Å². The van der Waals surface area contributed by atoms with Crippen LogP contribution in [0, 0.1) is 0 Å². The van der Waals surface area contributed by atoms with Gasteiger partial charge in [-0.25, -0.2) is 13.1 Å². The van der Waals surface area contributed by atoms with Crippen molar-refractivity contribution in [3.63, 3.8) is 0 Å². The van der Waals surface area contributed by atoms with E-state index in [0.717, 1.165) is 11.1 Å². The lowest BCUT2D eigenvalue weighted by Crippen LogP contribution is -2.23. The van der Waals surface area contributed by atoms with Crippen molar-refractivity contribution in [1.29, 1.82) is 0 Å². The molecule has 1 heterocycles. The minimum absolute atomic E-state index is 0.236. The molecule has 102 valence electrons. The molecule has 0 radical (unpaired) electrons. The van der Waals surface area contributed by atoms with Gasteiger partial charge in [-0.15, -0.1) is 11.3 Å². The van der Waals surface area contributed by atoms with E-state index in [0.29, 0.717) is 11.0 Å². The minimum atomic E-state index is -3.49. The molecular formula is C12H13BrN2O2S2. The van der Waals surface area contributed by atoms with Crippen molar-refractivity contribution < 1.29 is 8.42 Å². The standard InChI is InChI=1S/C12H13BrN2O2S2/c13-11-5-6-18-12(11)19(16,17)15-8-10-4-2-1-3-9(10)7-14/h1-6,15H,7-8,14H2. The SMILES string of the molecule is NCc1ccccc1CNS(=O)(=O)c1sccc1Br. The zero-order chi connectivity index (χ0) is 13.9. The third-order valence-electron chi connectivity index (χ3n) is 2.62. The number of hydrogen-bond donors (Lipinski definition) is 2. The highest BCUT2D eigenvalue weighted by atomic mass is 79.9. The van der Waals surface area contributed by atoms with Gasteiger partial charge < -0.3 is 5.73 Å². The Morgan fingerprint density at radius 3 is 2.47 bits per heavy atom. The zero-order valence-electron chi connectivity index (χ0n) is 9.97. The smallest absolute Gasteiger partial charge is 0.251 e. The summed E-state index contributed by atoms with van der Waals surface area (Å²) >= 11 is 4.41. The van der Waals surface area contributed by atoms with Crippen LogP contribution in [0.4, 0.5) is 0 Å². The zero-order valence-corrected chi connectivity index (χ0v) is 13.2. The highest BCUT2D eigenvalue weighted by Gasteiger charge is 2.19. The van der Waals surface area contributed by atoms with E-state index < -0.39 is 10.0 Å². The molecular weight excluding hydrogens is 348 g/mol. The Labute approximate surface area is 124 Å². The molecule has 0 saturated carbocycles. The van der Waals surface area contributed by atoms with Crippen LogP contribution >= 0.6 is 27.3 Å². The molecule has 0 unspecified atom stereocenters. The van der Waals surface area contributed by atoms with Gasteiger partial charge in [0.15, 0.2) is 0 Å².